The van der Waals surface area contributed by atoms with E-state index in [9.17, 15) is 9.59 Å². The van der Waals surface area contributed by atoms with E-state index in [1.807, 2.05) is 9.80 Å². The molecule has 2 fully saturated rings. The number of carbonyl (C=O) groups is 2. The highest BCUT2D eigenvalue weighted by Gasteiger charge is 2.42. The van der Waals surface area contributed by atoms with Crippen LogP contribution in [0.2, 0.25) is 0 Å². The van der Waals surface area contributed by atoms with Gasteiger partial charge in [0.2, 0.25) is 5.91 Å². The predicted molar refractivity (Wildman–Crippen MR) is 117 cm³/mol. The topological polar surface area (TPSA) is 84.5 Å². The van der Waals surface area contributed by atoms with E-state index in [2.05, 4.69) is 41.3 Å². The number of likely N-dealkylation sites (tertiary alicyclic amines) is 2. The second kappa shape index (κ2) is 8.61. The summed E-state index contributed by atoms with van der Waals surface area (Å²) in [5, 5.41) is 4.07. The van der Waals surface area contributed by atoms with Crippen LogP contribution in [0, 0.1) is 12.8 Å². The fourth-order valence-electron chi connectivity index (χ4n) is 4.80. The van der Waals surface area contributed by atoms with E-state index in [-0.39, 0.29) is 17.9 Å². The largest absolute Gasteiger partial charge is 0.454 e. The molecule has 0 radical (unpaired) electrons. The maximum absolute atomic E-state index is 13.2. The second-order valence-electron chi connectivity index (χ2n) is 8.80. The third-order valence-corrected chi connectivity index (χ3v) is 6.51. The molecule has 0 saturated carbocycles. The summed E-state index contributed by atoms with van der Waals surface area (Å²) in [6.07, 6.45) is 5.48. The number of aryl methyl sites for hydroxylation is 1. The van der Waals surface area contributed by atoms with E-state index >= 15 is 0 Å². The van der Waals surface area contributed by atoms with Crippen molar-refractivity contribution in [2.75, 3.05) is 13.1 Å². The molecule has 2 aliphatic heterocycles. The third kappa shape index (κ3) is 4.17. The lowest BCUT2D eigenvalue weighted by Gasteiger charge is -2.30. The van der Waals surface area contributed by atoms with Gasteiger partial charge in [0.15, 0.2) is 5.76 Å². The van der Waals surface area contributed by atoms with Crippen LogP contribution in [0.1, 0.15) is 46.7 Å². The van der Waals surface area contributed by atoms with E-state index in [0.29, 0.717) is 50.0 Å². The van der Waals surface area contributed by atoms with Crippen molar-refractivity contribution in [3.8, 4) is 0 Å². The first-order valence-corrected chi connectivity index (χ1v) is 11.1. The summed E-state index contributed by atoms with van der Waals surface area (Å²) in [5.41, 5.74) is 2.33. The van der Waals surface area contributed by atoms with E-state index in [4.69, 9.17) is 4.42 Å². The number of hydrogen-bond acceptors (Lipinski definition) is 5. The molecule has 32 heavy (non-hydrogen) atoms. The zero-order valence-corrected chi connectivity index (χ0v) is 18.2. The van der Waals surface area contributed by atoms with Gasteiger partial charge in [-0.15, -0.1) is 0 Å². The van der Waals surface area contributed by atoms with E-state index < -0.39 is 0 Å². The SMILES string of the molecule is Cc1ccc(CN2C(=O)CCC[C@@H]3CN(C(=O)c4ccc(Cn5cncn5)o4)C[C@@H]32)cc1. The van der Waals surface area contributed by atoms with E-state index in [1.165, 1.54) is 11.9 Å². The number of amides is 2. The summed E-state index contributed by atoms with van der Waals surface area (Å²) in [6, 6.07) is 11.9. The molecule has 0 unspecified atom stereocenters. The van der Waals surface area contributed by atoms with Crippen LogP contribution in [0.5, 0.6) is 0 Å². The van der Waals surface area contributed by atoms with Crippen molar-refractivity contribution in [1.82, 2.24) is 24.6 Å². The Kier molecular flexibility index (Phi) is 5.51. The molecule has 0 spiro atoms. The standard InChI is InChI=1S/C24H27N5O3/c1-17-5-7-18(8-6-17)11-29-21-14-27(12-19(21)3-2-4-23(29)30)24(31)22-10-9-20(32-22)13-28-16-25-15-26-28/h5-10,15-16,19,21H,2-4,11-14H2,1H3/t19-,21+/m1/s1. The van der Waals surface area contributed by atoms with Crippen LogP contribution < -0.4 is 0 Å². The van der Waals surface area contributed by atoms with Crippen LogP contribution in [0.25, 0.3) is 0 Å². The van der Waals surface area contributed by atoms with Gasteiger partial charge in [0, 0.05) is 26.1 Å². The van der Waals surface area contributed by atoms with Gasteiger partial charge in [0.1, 0.15) is 25.0 Å². The minimum Gasteiger partial charge on any atom is -0.454 e. The zero-order chi connectivity index (χ0) is 22.1. The van der Waals surface area contributed by atoms with Crippen LogP contribution in [-0.4, -0.2) is 55.5 Å². The monoisotopic (exact) mass is 433 g/mol. The average molecular weight is 434 g/mol. The number of furan rings is 1. The Bertz CT molecular complexity index is 1090. The molecule has 2 amide bonds. The summed E-state index contributed by atoms with van der Waals surface area (Å²) >= 11 is 0. The molecule has 0 N–H and O–H groups in total. The van der Waals surface area contributed by atoms with Crippen molar-refractivity contribution >= 4 is 11.8 Å². The fourth-order valence-corrected chi connectivity index (χ4v) is 4.80. The maximum Gasteiger partial charge on any atom is 0.289 e. The minimum atomic E-state index is -0.120. The first-order chi connectivity index (χ1) is 15.6. The van der Waals surface area contributed by atoms with Gasteiger partial charge in [0.05, 0.1) is 6.04 Å². The smallest absolute Gasteiger partial charge is 0.289 e. The van der Waals surface area contributed by atoms with E-state index in [1.54, 1.807) is 23.1 Å². The summed E-state index contributed by atoms with van der Waals surface area (Å²) in [4.78, 5) is 33.8. The van der Waals surface area contributed by atoms with Crippen molar-refractivity contribution in [3.05, 3.63) is 71.7 Å². The van der Waals surface area contributed by atoms with Gasteiger partial charge in [-0.2, -0.15) is 5.10 Å². The Labute approximate surface area is 186 Å². The molecule has 0 bridgehead atoms. The summed E-state index contributed by atoms with van der Waals surface area (Å²) in [6.45, 7) is 4.27. The molecule has 0 aliphatic carbocycles. The van der Waals surface area contributed by atoms with Gasteiger partial charge in [0.25, 0.3) is 5.91 Å². The number of rotatable bonds is 5. The number of aromatic nitrogens is 3. The first kappa shape index (κ1) is 20.5. The average Bonchev–Trinajstić information content (AvgIpc) is 3.53. The molecule has 8 nitrogen and oxygen atoms in total. The van der Waals surface area contributed by atoms with Gasteiger partial charge in [-0.1, -0.05) is 29.8 Å². The maximum atomic E-state index is 13.2. The summed E-state index contributed by atoms with van der Waals surface area (Å²) in [5.74, 6) is 1.34. The van der Waals surface area contributed by atoms with Gasteiger partial charge >= 0.3 is 0 Å². The number of fused-ring (bicyclic) bond motifs is 1. The number of benzene rings is 1. The highest BCUT2D eigenvalue weighted by Crippen LogP contribution is 2.32. The molecule has 1 aromatic carbocycles. The predicted octanol–water partition coefficient (Wildman–Crippen LogP) is 2.88. The fraction of sp³-hybridized carbons (Fsp3) is 0.417. The molecule has 8 heteroatoms. The lowest BCUT2D eigenvalue weighted by atomic mass is 9.98. The summed E-state index contributed by atoms with van der Waals surface area (Å²) < 4.78 is 7.45. The van der Waals surface area contributed by atoms with Gasteiger partial charge in [-0.25, -0.2) is 9.67 Å². The molecular formula is C24H27N5O3. The quantitative estimate of drug-likeness (QED) is 0.618. The molecule has 2 aliphatic rings. The van der Waals surface area contributed by atoms with Crippen LogP contribution in [0.4, 0.5) is 0 Å². The highest BCUT2D eigenvalue weighted by atomic mass is 16.4. The Morgan fingerprint density at radius 3 is 2.75 bits per heavy atom. The number of hydrogen-bond donors (Lipinski definition) is 0. The number of nitrogens with zero attached hydrogens (tertiary/aromatic N) is 5. The van der Waals surface area contributed by atoms with Crippen molar-refractivity contribution in [3.63, 3.8) is 0 Å². The zero-order valence-electron chi connectivity index (χ0n) is 18.2. The molecule has 5 rings (SSSR count). The van der Waals surface area contributed by atoms with Crippen LogP contribution in [-0.2, 0) is 17.9 Å². The van der Waals surface area contributed by atoms with Crippen LogP contribution in [0.3, 0.4) is 0 Å². The Morgan fingerprint density at radius 1 is 1.12 bits per heavy atom. The molecule has 2 aromatic heterocycles. The van der Waals surface area contributed by atoms with Crippen molar-refractivity contribution in [2.45, 2.75) is 45.3 Å². The highest BCUT2D eigenvalue weighted by molar-refractivity contribution is 5.92. The van der Waals surface area contributed by atoms with Crippen molar-refractivity contribution < 1.29 is 14.0 Å². The van der Waals surface area contributed by atoms with Gasteiger partial charge < -0.3 is 14.2 Å². The van der Waals surface area contributed by atoms with Crippen molar-refractivity contribution in [1.29, 1.82) is 0 Å². The number of carbonyl (C=O) groups excluding carboxylic acids is 2. The molecule has 2 atom stereocenters. The minimum absolute atomic E-state index is 0.0415. The van der Waals surface area contributed by atoms with Crippen LogP contribution >= 0.6 is 0 Å². The molecule has 166 valence electrons. The molecule has 2 saturated heterocycles. The van der Waals surface area contributed by atoms with Gasteiger partial charge in [-0.05, 0) is 43.4 Å². The molecule has 4 heterocycles. The normalized spacial score (nSPS) is 21.0. The first-order valence-electron chi connectivity index (χ1n) is 11.1. The molecular weight excluding hydrogens is 406 g/mol. The summed E-state index contributed by atoms with van der Waals surface area (Å²) in [7, 11) is 0. The van der Waals surface area contributed by atoms with Crippen LogP contribution in [0.15, 0.2) is 53.5 Å². The lowest BCUT2D eigenvalue weighted by molar-refractivity contribution is -0.133. The third-order valence-electron chi connectivity index (χ3n) is 6.51. The van der Waals surface area contributed by atoms with E-state index in [0.717, 1.165) is 18.4 Å². The molecule has 3 aromatic rings. The van der Waals surface area contributed by atoms with Gasteiger partial charge in [-0.3, -0.25) is 9.59 Å². The second-order valence-corrected chi connectivity index (χ2v) is 8.80. The lowest BCUT2D eigenvalue weighted by Crippen LogP contribution is -2.43. The Hall–Kier alpha value is -3.42. The van der Waals surface area contributed by atoms with Crippen molar-refractivity contribution in [2.24, 2.45) is 5.92 Å². The Morgan fingerprint density at radius 2 is 1.97 bits per heavy atom. The Balaban J connectivity index is 1.30.